The smallest absolute Gasteiger partial charge is 0.123 e. The third-order valence-corrected chi connectivity index (χ3v) is 4.85. The average molecular weight is 380 g/mol. The fraction of sp³-hybridized carbons (Fsp3) is 0.550. The minimum Gasteiger partial charge on any atom is -0.496 e. The number of aryl methyl sites for hydroxylation is 2. The molecular formula is C20H30ClN3O2. The van der Waals surface area contributed by atoms with Crippen molar-refractivity contribution in [2.45, 2.75) is 32.7 Å². The Hall–Kier alpha value is -1.56. The van der Waals surface area contributed by atoms with Gasteiger partial charge in [0.15, 0.2) is 0 Å². The molecule has 5 nitrogen and oxygen atoms in total. The summed E-state index contributed by atoms with van der Waals surface area (Å²) in [4.78, 5) is 6.91. The van der Waals surface area contributed by atoms with Gasteiger partial charge in [-0.05, 0) is 31.0 Å². The highest BCUT2D eigenvalue weighted by molar-refractivity contribution is 5.85. The van der Waals surface area contributed by atoms with E-state index in [2.05, 4.69) is 39.6 Å². The molecule has 1 fully saturated rings. The first-order chi connectivity index (χ1) is 12.3. The quantitative estimate of drug-likeness (QED) is 0.706. The van der Waals surface area contributed by atoms with Gasteiger partial charge in [-0.1, -0.05) is 19.1 Å². The van der Waals surface area contributed by atoms with Crippen LogP contribution in [0.3, 0.4) is 0 Å². The first-order valence-corrected chi connectivity index (χ1v) is 9.26. The zero-order chi connectivity index (χ0) is 17.5. The van der Waals surface area contributed by atoms with Crippen molar-refractivity contribution in [3.05, 3.63) is 47.5 Å². The second-order valence-corrected chi connectivity index (χ2v) is 6.53. The van der Waals surface area contributed by atoms with Crippen LogP contribution in [0.5, 0.6) is 5.75 Å². The summed E-state index contributed by atoms with van der Waals surface area (Å²) < 4.78 is 13.2. The maximum Gasteiger partial charge on any atom is 0.123 e. The number of rotatable bonds is 8. The van der Waals surface area contributed by atoms with Gasteiger partial charge < -0.3 is 14.0 Å². The van der Waals surface area contributed by atoms with Crippen molar-refractivity contribution in [2.75, 3.05) is 40.0 Å². The second-order valence-electron chi connectivity index (χ2n) is 6.53. The van der Waals surface area contributed by atoms with Gasteiger partial charge in [0.1, 0.15) is 11.6 Å². The Bertz CT molecular complexity index is 669. The van der Waals surface area contributed by atoms with E-state index in [1.54, 1.807) is 7.11 Å². The lowest BCUT2D eigenvalue weighted by Crippen LogP contribution is -2.36. The summed E-state index contributed by atoms with van der Waals surface area (Å²) in [7, 11) is 1.74. The van der Waals surface area contributed by atoms with E-state index in [1.165, 1.54) is 17.5 Å². The maximum absolute atomic E-state index is 5.57. The molecule has 0 bridgehead atoms. The predicted molar refractivity (Wildman–Crippen MR) is 107 cm³/mol. The number of ether oxygens (including phenoxy) is 2. The molecular weight excluding hydrogens is 350 g/mol. The van der Waals surface area contributed by atoms with Crippen molar-refractivity contribution in [1.82, 2.24) is 14.5 Å². The van der Waals surface area contributed by atoms with E-state index >= 15 is 0 Å². The molecule has 1 saturated heterocycles. The number of benzene rings is 1. The molecule has 0 unspecified atom stereocenters. The lowest BCUT2D eigenvalue weighted by molar-refractivity contribution is 0.0374. The molecule has 3 rings (SSSR count). The number of aromatic nitrogens is 2. The van der Waals surface area contributed by atoms with E-state index in [0.29, 0.717) is 0 Å². The Morgan fingerprint density at radius 2 is 2.04 bits per heavy atom. The van der Waals surface area contributed by atoms with Gasteiger partial charge >= 0.3 is 0 Å². The van der Waals surface area contributed by atoms with Crippen LogP contribution in [-0.2, 0) is 24.1 Å². The maximum atomic E-state index is 5.57. The summed E-state index contributed by atoms with van der Waals surface area (Å²) in [5, 5.41) is 0. The number of methoxy groups -OCH3 is 1. The van der Waals surface area contributed by atoms with E-state index in [4.69, 9.17) is 9.47 Å². The van der Waals surface area contributed by atoms with Gasteiger partial charge in [-0.15, -0.1) is 12.4 Å². The van der Waals surface area contributed by atoms with Crippen molar-refractivity contribution in [3.8, 4) is 5.75 Å². The molecule has 0 spiro atoms. The van der Waals surface area contributed by atoms with Crippen molar-refractivity contribution in [1.29, 1.82) is 0 Å². The molecule has 1 aromatic heterocycles. The van der Waals surface area contributed by atoms with Gasteiger partial charge in [0, 0.05) is 37.5 Å². The van der Waals surface area contributed by atoms with E-state index in [0.717, 1.165) is 63.8 Å². The number of nitrogens with zero attached hydrogens (tertiary/aromatic N) is 3. The zero-order valence-electron chi connectivity index (χ0n) is 15.8. The molecule has 1 aliphatic rings. The number of imidazole rings is 1. The van der Waals surface area contributed by atoms with E-state index in [9.17, 15) is 0 Å². The minimum atomic E-state index is 0. The Morgan fingerprint density at radius 3 is 2.77 bits per heavy atom. The van der Waals surface area contributed by atoms with Crippen LogP contribution in [0.1, 0.15) is 30.3 Å². The van der Waals surface area contributed by atoms with Crippen LogP contribution >= 0.6 is 12.4 Å². The largest absolute Gasteiger partial charge is 0.496 e. The highest BCUT2D eigenvalue weighted by Crippen LogP contribution is 2.22. The highest BCUT2D eigenvalue weighted by Gasteiger charge is 2.11. The molecule has 0 amide bonds. The van der Waals surface area contributed by atoms with Gasteiger partial charge in [0.2, 0.25) is 0 Å². The van der Waals surface area contributed by atoms with Crippen molar-refractivity contribution >= 4 is 12.4 Å². The van der Waals surface area contributed by atoms with Crippen LogP contribution in [0.15, 0.2) is 30.6 Å². The molecule has 0 atom stereocenters. The summed E-state index contributed by atoms with van der Waals surface area (Å²) >= 11 is 0. The van der Waals surface area contributed by atoms with Crippen LogP contribution in [0, 0.1) is 0 Å². The lowest BCUT2D eigenvalue weighted by Gasteiger charge is -2.26. The van der Waals surface area contributed by atoms with Gasteiger partial charge in [0.25, 0.3) is 0 Å². The minimum absolute atomic E-state index is 0. The molecule has 144 valence electrons. The van der Waals surface area contributed by atoms with Crippen LogP contribution in [0.25, 0.3) is 0 Å². The monoisotopic (exact) mass is 379 g/mol. The van der Waals surface area contributed by atoms with E-state index in [-0.39, 0.29) is 12.4 Å². The molecule has 1 aromatic carbocycles. The molecule has 0 radical (unpaired) electrons. The van der Waals surface area contributed by atoms with E-state index in [1.807, 2.05) is 12.4 Å². The van der Waals surface area contributed by atoms with Crippen molar-refractivity contribution in [3.63, 3.8) is 0 Å². The Labute approximate surface area is 162 Å². The average Bonchev–Trinajstić information content (AvgIpc) is 3.10. The second kappa shape index (κ2) is 10.6. The highest BCUT2D eigenvalue weighted by atomic mass is 35.5. The number of hydrogen-bond acceptors (Lipinski definition) is 4. The van der Waals surface area contributed by atoms with Gasteiger partial charge in [-0.25, -0.2) is 4.98 Å². The molecule has 1 aliphatic heterocycles. The standard InChI is InChI=1S/C20H29N3O2.ClH/c1-3-20-21-8-10-23(20)16-18-15-17(6-7-19(18)24-2)5-4-9-22-11-13-25-14-12-22;/h6-8,10,15H,3-5,9,11-14,16H2,1-2H3;1H. The number of halogens is 1. The summed E-state index contributed by atoms with van der Waals surface area (Å²) in [6, 6.07) is 6.58. The molecule has 0 saturated carbocycles. The molecule has 2 heterocycles. The van der Waals surface area contributed by atoms with Crippen molar-refractivity contribution in [2.24, 2.45) is 0 Å². The lowest BCUT2D eigenvalue weighted by atomic mass is 10.0. The SMILES string of the molecule is CCc1nccn1Cc1cc(CCCN2CCOCC2)ccc1OC.Cl. The third kappa shape index (κ3) is 5.47. The summed E-state index contributed by atoms with van der Waals surface area (Å²) in [6.45, 7) is 7.96. The zero-order valence-corrected chi connectivity index (χ0v) is 16.6. The molecule has 0 N–H and O–H groups in total. The van der Waals surface area contributed by atoms with Gasteiger partial charge in [-0.3, -0.25) is 4.90 Å². The Kier molecular flexibility index (Phi) is 8.42. The summed E-state index contributed by atoms with van der Waals surface area (Å²) in [5.41, 5.74) is 2.60. The fourth-order valence-corrected chi connectivity index (χ4v) is 3.42. The van der Waals surface area contributed by atoms with Gasteiger partial charge in [-0.2, -0.15) is 0 Å². The number of morpholine rings is 1. The summed E-state index contributed by atoms with van der Waals surface area (Å²) in [5.74, 6) is 2.06. The van der Waals surface area contributed by atoms with Crippen LogP contribution in [0.2, 0.25) is 0 Å². The first-order valence-electron chi connectivity index (χ1n) is 9.26. The van der Waals surface area contributed by atoms with Crippen LogP contribution in [-0.4, -0.2) is 54.4 Å². The third-order valence-electron chi connectivity index (χ3n) is 4.85. The predicted octanol–water partition coefficient (Wildman–Crippen LogP) is 3.19. The van der Waals surface area contributed by atoms with Crippen LogP contribution < -0.4 is 4.74 Å². The molecule has 2 aromatic rings. The normalized spacial score (nSPS) is 14.8. The molecule has 6 heteroatoms. The topological polar surface area (TPSA) is 39.5 Å². The summed E-state index contributed by atoms with van der Waals surface area (Å²) in [6.07, 6.45) is 7.13. The number of hydrogen-bond donors (Lipinski definition) is 0. The van der Waals surface area contributed by atoms with Crippen LogP contribution in [0.4, 0.5) is 0 Å². The molecule has 0 aliphatic carbocycles. The molecule has 26 heavy (non-hydrogen) atoms. The van der Waals surface area contributed by atoms with Crippen molar-refractivity contribution < 1.29 is 9.47 Å². The first kappa shape index (κ1) is 20.7. The Morgan fingerprint density at radius 1 is 1.23 bits per heavy atom. The Balaban J connectivity index is 0.00000243. The fourth-order valence-electron chi connectivity index (χ4n) is 3.42. The van der Waals surface area contributed by atoms with E-state index < -0.39 is 0 Å². The van der Waals surface area contributed by atoms with Gasteiger partial charge in [0.05, 0.1) is 26.9 Å².